The number of hydrogen-bond acceptors (Lipinski definition) is 1. The number of nitrogens with zero attached hydrogens (tertiary/aromatic N) is 1. The van der Waals surface area contributed by atoms with Crippen molar-refractivity contribution in [1.82, 2.24) is 0 Å². The van der Waals surface area contributed by atoms with Crippen LogP contribution in [0.2, 0.25) is 0 Å². The highest BCUT2D eigenvalue weighted by molar-refractivity contribution is 5.98. The van der Waals surface area contributed by atoms with E-state index in [1.54, 1.807) is 0 Å². The van der Waals surface area contributed by atoms with E-state index in [1.165, 1.54) is 35.2 Å². The van der Waals surface area contributed by atoms with Gasteiger partial charge in [0.2, 0.25) is 5.91 Å². The molecule has 0 aromatic heterocycles. The Morgan fingerprint density at radius 3 is 2.53 bits per heavy atom. The fraction of sp³-hybridized carbons (Fsp3) is 0.533. The van der Waals surface area contributed by atoms with Crippen molar-refractivity contribution in [3.63, 3.8) is 0 Å². The number of amides is 1. The van der Waals surface area contributed by atoms with Crippen molar-refractivity contribution in [2.45, 2.75) is 44.4 Å². The summed E-state index contributed by atoms with van der Waals surface area (Å²) in [6.45, 7) is 3.27. The van der Waals surface area contributed by atoms with E-state index in [4.69, 9.17) is 0 Å². The van der Waals surface area contributed by atoms with Crippen LogP contribution in [0.5, 0.6) is 0 Å². The van der Waals surface area contributed by atoms with Gasteiger partial charge >= 0.3 is 0 Å². The van der Waals surface area contributed by atoms with Crippen LogP contribution in [0.3, 0.4) is 0 Å². The van der Waals surface area contributed by atoms with E-state index < -0.39 is 0 Å². The zero-order chi connectivity index (χ0) is 11.6. The molecule has 0 N–H and O–H groups in total. The van der Waals surface area contributed by atoms with Crippen LogP contribution < -0.4 is 4.90 Å². The van der Waals surface area contributed by atoms with Gasteiger partial charge in [0.05, 0.1) is 5.69 Å². The van der Waals surface area contributed by atoms with E-state index in [2.05, 4.69) is 19.1 Å². The van der Waals surface area contributed by atoms with Crippen molar-refractivity contribution in [2.75, 3.05) is 11.4 Å². The average molecular weight is 227 g/mol. The number of carbonyl (C=O) groups excluding carboxylic acids is 1. The standard InChI is InChI=1S/C15H17NO/c1-15(5-6-15)12-8-10-2-3-13(17)16-7-4-11(9-12)14(10)16/h8-9H,2-7H2,1H3. The molecule has 0 saturated heterocycles. The molecule has 0 atom stereocenters. The van der Waals surface area contributed by atoms with E-state index in [1.807, 2.05) is 4.90 Å². The van der Waals surface area contributed by atoms with Crippen LogP contribution in [-0.4, -0.2) is 12.5 Å². The van der Waals surface area contributed by atoms with Gasteiger partial charge in [-0.25, -0.2) is 0 Å². The summed E-state index contributed by atoms with van der Waals surface area (Å²) in [7, 11) is 0. The number of rotatable bonds is 1. The first-order chi connectivity index (χ1) is 8.17. The summed E-state index contributed by atoms with van der Waals surface area (Å²) in [5, 5.41) is 0. The molecule has 0 bridgehead atoms. The Bertz CT molecular complexity index is 528. The van der Waals surface area contributed by atoms with Gasteiger partial charge in [0, 0.05) is 13.0 Å². The summed E-state index contributed by atoms with van der Waals surface area (Å²) in [5.74, 6) is 0.321. The fourth-order valence-electron chi connectivity index (χ4n) is 3.28. The Balaban J connectivity index is 1.89. The summed E-state index contributed by atoms with van der Waals surface area (Å²) in [4.78, 5) is 13.8. The zero-order valence-corrected chi connectivity index (χ0v) is 10.3. The number of benzene rings is 1. The summed E-state index contributed by atoms with van der Waals surface area (Å²) in [6, 6.07) is 4.74. The van der Waals surface area contributed by atoms with Crippen LogP contribution in [0, 0.1) is 0 Å². The van der Waals surface area contributed by atoms with Gasteiger partial charge in [0.1, 0.15) is 0 Å². The summed E-state index contributed by atoms with van der Waals surface area (Å²) in [5.41, 5.74) is 6.05. The molecule has 1 saturated carbocycles. The quantitative estimate of drug-likeness (QED) is 0.722. The minimum absolute atomic E-state index is 0.321. The Kier molecular flexibility index (Phi) is 1.67. The van der Waals surface area contributed by atoms with Gasteiger partial charge in [0.15, 0.2) is 0 Å². The highest BCUT2D eigenvalue weighted by Crippen LogP contribution is 2.50. The van der Waals surface area contributed by atoms with Gasteiger partial charge in [-0.05, 0) is 47.8 Å². The van der Waals surface area contributed by atoms with E-state index in [0.29, 0.717) is 17.7 Å². The van der Waals surface area contributed by atoms with Crippen molar-refractivity contribution in [3.8, 4) is 0 Å². The Hall–Kier alpha value is -1.31. The first-order valence-electron chi connectivity index (χ1n) is 6.64. The van der Waals surface area contributed by atoms with Crippen molar-refractivity contribution in [2.24, 2.45) is 0 Å². The second kappa shape index (κ2) is 2.92. The van der Waals surface area contributed by atoms with Gasteiger partial charge in [0.25, 0.3) is 0 Å². The van der Waals surface area contributed by atoms with Gasteiger partial charge in [-0.15, -0.1) is 0 Å². The SMILES string of the molecule is CC1(c2cc3c4c(c2)CCN4C(=O)CC3)CC1. The molecule has 2 aliphatic heterocycles. The van der Waals surface area contributed by atoms with Crippen LogP contribution in [0.1, 0.15) is 42.9 Å². The molecule has 1 aliphatic carbocycles. The molecule has 3 aliphatic rings. The third-order valence-corrected chi connectivity index (χ3v) is 4.75. The second-order valence-corrected chi connectivity index (χ2v) is 6.00. The van der Waals surface area contributed by atoms with Crippen LogP contribution in [0.25, 0.3) is 0 Å². The minimum atomic E-state index is 0.321. The topological polar surface area (TPSA) is 20.3 Å². The molecular formula is C15H17NO. The maximum atomic E-state index is 11.8. The smallest absolute Gasteiger partial charge is 0.227 e. The Labute approximate surface area is 102 Å². The van der Waals surface area contributed by atoms with E-state index >= 15 is 0 Å². The third kappa shape index (κ3) is 1.24. The summed E-state index contributed by atoms with van der Waals surface area (Å²) >= 11 is 0. The van der Waals surface area contributed by atoms with Gasteiger partial charge in [-0.3, -0.25) is 4.79 Å². The monoisotopic (exact) mass is 227 g/mol. The Morgan fingerprint density at radius 1 is 1.12 bits per heavy atom. The maximum absolute atomic E-state index is 11.8. The normalized spacial score (nSPS) is 23.8. The van der Waals surface area contributed by atoms with Gasteiger partial charge < -0.3 is 4.90 Å². The fourth-order valence-corrected chi connectivity index (χ4v) is 3.28. The van der Waals surface area contributed by atoms with Crippen LogP contribution >= 0.6 is 0 Å². The van der Waals surface area contributed by atoms with Crippen LogP contribution in [0.15, 0.2) is 12.1 Å². The van der Waals surface area contributed by atoms with Crippen molar-refractivity contribution in [1.29, 1.82) is 0 Å². The van der Waals surface area contributed by atoms with Gasteiger partial charge in [-0.1, -0.05) is 19.1 Å². The molecule has 1 amide bonds. The van der Waals surface area contributed by atoms with Crippen molar-refractivity contribution < 1.29 is 4.79 Å². The zero-order valence-electron chi connectivity index (χ0n) is 10.3. The predicted octanol–water partition coefficient (Wildman–Crippen LogP) is 2.57. The minimum Gasteiger partial charge on any atom is -0.312 e. The molecule has 4 rings (SSSR count). The van der Waals surface area contributed by atoms with Crippen molar-refractivity contribution >= 4 is 11.6 Å². The molecule has 2 heterocycles. The maximum Gasteiger partial charge on any atom is 0.227 e. The molecule has 1 aromatic rings. The average Bonchev–Trinajstić information content (AvgIpc) is 2.92. The molecule has 1 aromatic carbocycles. The number of aryl methyl sites for hydroxylation is 1. The molecule has 88 valence electrons. The lowest BCUT2D eigenvalue weighted by atomic mass is 9.90. The molecule has 2 nitrogen and oxygen atoms in total. The molecule has 2 heteroatoms. The van der Waals surface area contributed by atoms with E-state index in [0.717, 1.165) is 19.4 Å². The molecule has 0 unspecified atom stereocenters. The first kappa shape index (κ1) is 9.69. The lowest BCUT2D eigenvalue weighted by molar-refractivity contribution is -0.118. The number of anilines is 1. The highest BCUT2D eigenvalue weighted by atomic mass is 16.2. The number of carbonyl (C=O) groups is 1. The first-order valence-corrected chi connectivity index (χ1v) is 6.64. The number of hydrogen-bond donors (Lipinski definition) is 0. The highest BCUT2D eigenvalue weighted by Gasteiger charge is 2.41. The molecule has 0 radical (unpaired) electrons. The van der Waals surface area contributed by atoms with E-state index in [9.17, 15) is 4.79 Å². The molecular weight excluding hydrogens is 210 g/mol. The van der Waals surface area contributed by atoms with Crippen LogP contribution in [0.4, 0.5) is 5.69 Å². The largest absolute Gasteiger partial charge is 0.312 e. The summed E-state index contributed by atoms with van der Waals surface area (Å²) in [6.07, 6.45) is 5.36. The van der Waals surface area contributed by atoms with Crippen LogP contribution in [-0.2, 0) is 23.1 Å². The van der Waals surface area contributed by atoms with E-state index in [-0.39, 0.29) is 0 Å². The molecule has 1 fully saturated rings. The lowest BCUT2D eigenvalue weighted by Gasteiger charge is -2.26. The van der Waals surface area contributed by atoms with Crippen molar-refractivity contribution in [3.05, 3.63) is 28.8 Å². The lowest BCUT2D eigenvalue weighted by Crippen LogP contribution is -2.32. The Morgan fingerprint density at radius 2 is 1.82 bits per heavy atom. The predicted molar refractivity (Wildman–Crippen MR) is 67.4 cm³/mol. The second-order valence-electron chi connectivity index (χ2n) is 6.00. The summed E-state index contributed by atoms with van der Waals surface area (Å²) < 4.78 is 0. The third-order valence-electron chi connectivity index (χ3n) is 4.75. The molecule has 0 spiro atoms. The van der Waals surface area contributed by atoms with Gasteiger partial charge in [-0.2, -0.15) is 0 Å². The molecule has 17 heavy (non-hydrogen) atoms.